The molecule has 2 rings (SSSR count). The molecule has 2 aliphatic heterocycles. The van der Waals surface area contributed by atoms with Gasteiger partial charge in [-0.05, 0) is 25.7 Å². The topological polar surface area (TPSA) is 72.9 Å². The van der Waals surface area contributed by atoms with Crippen molar-refractivity contribution < 1.29 is 14.7 Å². The van der Waals surface area contributed by atoms with Crippen LogP contribution in [0, 0.1) is 5.92 Å². The van der Waals surface area contributed by atoms with Crippen LogP contribution in [0.5, 0.6) is 0 Å². The zero-order chi connectivity index (χ0) is 15.9. The zero-order valence-corrected chi connectivity index (χ0v) is 13.6. The van der Waals surface area contributed by atoms with E-state index in [0.29, 0.717) is 19.5 Å². The summed E-state index contributed by atoms with van der Waals surface area (Å²) in [6.07, 6.45) is 4.02. The smallest absolute Gasteiger partial charge is 0.223 e. The SMILES string of the molecule is CCC(=O)N1CCC(C(=O)NC2CCN(CCO)CC2)CC1. The number of piperidine rings is 2. The molecule has 6 nitrogen and oxygen atoms in total. The van der Waals surface area contributed by atoms with Crippen molar-refractivity contribution in [3.05, 3.63) is 0 Å². The summed E-state index contributed by atoms with van der Waals surface area (Å²) in [4.78, 5) is 28.1. The molecule has 0 unspecified atom stereocenters. The van der Waals surface area contributed by atoms with Crippen LogP contribution in [0.4, 0.5) is 0 Å². The quantitative estimate of drug-likeness (QED) is 0.761. The molecule has 0 aromatic heterocycles. The number of hydrogen-bond acceptors (Lipinski definition) is 4. The Bertz CT molecular complexity index is 373. The second kappa shape index (κ2) is 8.48. The minimum atomic E-state index is 0.0522. The van der Waals surface area contributed by atoms with Crippen molar-refractivity contribution >= 4 is 11.8 Å². The van der Waals surface area contributed by atoms with E-state index in [1.807, 2.05) is 11.8 Å². The Morgan fingerprint density at radius 2 is 1.73 bits per heavy atom. The number of hydrogen-bond donors (Lipinski definition) is 2. The van der Waals surface area contributed by atoms with Gasteiger partial charge in [0, 0.05) is 51.1 Å². The van der Waals surface area contributed by atoms with Crippen LogP contribution in [-0.4, -0.2) is 72.1 Å². The molecule has 2 heterocycles. The fourth-order valence-electron chi connectivity index (χ4n) is 3.38. The summed E-state index contributed by atoms with van der Waals surface area (Å²) in [5.41, 5.74) is 0. The van der Waals surface area contributed by atoms with Crippen LogP contribution in [0.2, 0.25) is 0 Å². The van der Waals surface area contributed by atoms with E-state index < -0.39 is 0 Å². The van der Waals surface area contributed by atoms with Crippen LogP contribution in [0.1, 0.15) is 39.0 Å². The van der Waals surface area contributed by atoms with Gasteiger partial charge in [0.25, 0.3) is 0 Å². The average molecular weight is 311 g/mol. The number of aliphatic hydroxyl groups is 1. The van der Waals surface area contributed by atoms with Crippen molar-refractivity contribution in [2.45, 2.75) is 45.1 Å². The van der Waals surface area contributed by atoms with Gasteiger partial charge in [0.05, 0.1) is 6.61 Å². The minimum absolute atomic E-state index is 0.0522. The predicted molar refractivity (Wildman–Crippen MR) is 84.3 cm³/mol. The van der Waals surface area contributed by atoms with Crippen LogP contribution < -0.4 is 5.32 Å². The third-order valence-electron chi connectivity index (χ3n) is 4.87. The summed E-state index contributed by atoms with van der Waals surface area (Å²) in [7, 11) is 0. The largest absolute Gasteiger partial charge is 0.395 e. The molecule has 6 heteroatoms. The summed E-state index contributed by atoms with van der Waals surface area (Å²) >= 11 is 0. The molecular formula is C16H29N3O3. The lowest BCUT2D eigenvalue weighted by molar-refractivity contribution is -0.135. The van der Waals surface area contributed by atoms with Crippen LogP contribution in [0.3, 0.4) is 0 Å². The number of likely N-dealkylation sites (tertiary alicyclic amines) is 2. The number of nitrogens with one attached hydrogen (secondary N) is 1. The highest BCUT2D eigenvalue weighted by Gasteiger charge is 2.28. The van der Waals surface area contributed by atoms with E-state index in [4.69, 9.17) is 5.11 Å². The van der Waals surface area contributed by atoms with E-state index >= 15 is 0 Å². The van der Waals surface area contributed by atoms with E-state index in [2.05, 4.69) is 10.2 Å². The Hall–Kier alpha value is -1.14. The first-order chi connectivity index (χ1) is 10.6. The van der Waals surface area contributed by atoms with E-state index in [9.17, 15) is 9.59 Å². The molecule has 0 aromatic rings. The maximum absolute atomic E-state index is 12.4. The molecule has 2 N–H and O–H groups in total. The predicted octanol–water partition coefficient (Wildman–Crippen LogP) is 0.208. The lowest BCUT2D eigenvalue weighted by Crippen LogP contribution is -2.48. The molecule has 0 bridgehead atoms. The van der Waals surface area contributed by atoms with Gasteiger partial charge in [-0.25, -0.2) is 0 Å². The zero-order valence-electron chi connectivity index (χ0n) is 13.6. The van der Waals surface area contributed by atoms with Gasteiger partial charge in [-0.1, -0.05) is 6.92 Å². The maximum atomic E-state index is 12.4. The highest BCUT2D eigenvalue weighted by molar-refractivity contribution is 5.80. The van der Waals surface area contributed by atoms with Gasteiger partial charge in [-0.3, -0.25) is 9.59 Å². The summed E-state index contributed by atoms with van der Waals surface area (Å²) < 4.78 is 0. The molecule has 0 aromatic carbocycles. The van der Waals surface area contributed by atoms with E-state index in [1.54, 1.807) is 0 Å². The number of aliphatic hydroxyl groups excluding tert-OH is 1. The van der Waals surface area contributed by atoms with Crippen molar-refractivity contribution in [3.8, 4) is 0 Å². The molecule has 126 valence electrons. The third-order valence-corrected chi connectivity index (χ3v) is 4.87. The molecule has 2 aliphatic rings. The van der Waals surface area contributed by atoms with Crippen LogP contribution in [-0.2, 0) is 9.59 Å². The van der Waals surface area contributed by atoms with Gasteiger partial charge in [-0.2, -0.15) is 0 Å². The summed E-state index contributed by atoms with van der Waals surface area (Å²) in [5.74, 6) is 0.399. The standard InChI is InChI=1S/C16H29N3O3/c1-2-15(21)19-9-3-13(4-10-19)16(22)17-14-5-7-18(8-6-14)11-12-20/h13-14,20H,2-12H2,1H3,(H,17,22). The fourth-order valence-corrected chi connectivity index (χ4v) is 3.38. The summed E-state index contributed by atoms with van der Waals surface area (Å²) in [6.45, 7) is 6.10. The molecular weight excluding hydrogens is 282 g/mol. The molecule has 2 saturated heterocycles. The number of rotatable bonds is 5. The van der Waals surface area contributed by atoms with Crippen molar-refractivity contribution in [1.29, 1.82) is 0 Å². The number of nitrogens with zero attached hydrogens (tertiary/aromatic N) is 2. The monoisotopic (exact) mass is 311 g/mol. The van der Waals surface area contributed by atoms with Crippen LogP contribution >= 0.6 is 0 Å². The Morgan fingerprint density at radius 3 is 2.27 bits per heavy atom. The fraction of sp³-hybridized carbons (Fsp3) is 0.875. The van der Waals surface area contributed by atoms with Crippen molar-refractivity contribution in [3.63, 3.8) is 0 Å². The summed E-state index contributed by atoms with van der Waals surface area (Å²) in [5, 5.41) is 12.1. The molecule has 2 fully saturated rings. The Morgan fingerprint density at radius 1 is 1.09 bits per heavy atom. The van der Waals surface area contributed by atoms with Gasteiger partial charge in [0.2, 0.25) is 11.8 Å². The lowest BCUT2D eigenvalue weighted by atomic mass is 9.94. The van der Waals surface area contributed by atoms with Gasteiger partial charge in [0.15, 0.2) is 0 Å². The molecule has 0 aliphatic carbocycles. The first-order valence-electron chi connectivity index (χ1n) is 8.55. The summed E-state index contributed by atoms with van der Waals surface area (Å²) in [6, 6.07) is 0.262. The second-order valence-corrected chi connectivity index (χ2v) is 6.36. The molecule has 0 radical (unpaired) electrons. The van der Waals surface area contributed by atoms with E-state index in [1.165, 1.54) is 0 Å². The van der Waals surface area contributed by atoms with Gasteiger partial charge < -0.3 is 20.2 Å². The Labute approximate surface area is 132 Å². The normalized spacial score (nSPS) is 21.8. The molecule has 22 heavy (non-hydrogen) atoms. The van der Waals surface area contributed by atoms with Gasteiger partial charge in [-0.15, -0.1) is 0 Å². The first kappa shape index (κ1) is 17.2. The molecule has 0 spiro atoms. The van der Waals surface area contributed by atoms with Gasteiger partial charge >= 0.3 is 0 Å². The van der Waals surface area contributed by atoms with Crippen molar-refractivity contribution in [2.75, 3.05) is 39.3 Å². The number of amides is 2. The third kappa shape index (κ3) is 4.68. The Balaban J connectivity index is 1.69. The number of carbonyl (C=O) groups excluding carboxylic acids is 2. The molecule has 2 amide bonds. The maximum Gasteiger partial charge on any atom is 0.223 e. The first-order valence-corrected chi connectivity index (χ1v) is 8.55. The highest BCUT2D eigenvalue weighted by Crippen LogP contribution is 2.19. The molecule has 0 atom stereocenters. The lowest BCUT2D eigenvalue weighted by Gasteiger charge is -2.34. The van der Waals surface area contributed by atoms with Crippen molar-refractivity contribution in [2.24, 2.45) is 5.92 Å². The number of β-amino-alcohol motifs (C(OH)–C–C–N with tert-alkyl or cyclic N) is 1. The van der Waals surface area contributed by atoms with Crippen LogP contribution in [0.15, 0.2) is 0 Å². The van der Waals surface area contributed by atoms with Crippen molar-refractivity contribution in [1.82, 2.24) is 15.1 Å². The average Bonchev–Trinajstić information content (AvgIpc) is 2.56. The Kier molecular flexibility index (Phi) is 6.64. The highest BCUT2D eigenvalue weighted by atomic mass is 16.3. The van der Waals surface area contributed by atoms with E-state index in [-0.39, 0.29) is 30.4 Å². The van der Waals surface area contributed by atoms with E-state index in [0.717, 1.165) is 45.3 Å². The number of carbonyl (C=O) groups is 2. The van der Waals surface area contributed by atoms with Gasteiger partial charge in [0.1, 0.15) is 0 Å². The molecule has 0 saturated carbocycles. The van der Waals surface area contributed by atoms with Crippen LogP contribution in [0.25, 0.3) is 0 Å². The second-order valence-electron chi connectivity index (χ2n) is 6.36. The minimum Gasteiger partial charge on any atom is -0.395 e.